The van der Waals surface area contributed by atoms with Crippen molar-refractivity contribution >= 4 is 17.2 Å². The van der Waals surface area contributed by atoms with Crippen LogP contribution in [0, 0.1) is 0 Å². The van der Waals surface area contributed by atoms with Crippen LogP contribution in [0.4, 0.5) is 0 Å². The minimum atomic E-state index is 0.624. The SMILES string of the molecule is CC\C=C(/C=C(\C=C\c1ccccc1)c1cccc(-c2ncnc(-c3cccc(-c4cc(-c5ccccc5)cc(-c5ccccc5)c4)c3)n2)c1)c1ccccc1. The first-order chi connectivity index (χ1) is 27.7. The first kappa shape index (κ1) is 35.8. The molecule has 0 amide bonds. The molecule has 1 aromatic heterocycles. The van der Waals surface area contributed by atoms with Gasteiger partial charge in [0.15, 0.2) is 11.6 Å². The van der Waals surface area contributed by atoms with Gasteiger partial charge in [0.05, 0.1) is 0 Å². The largest absolute Gasteiger partial charge is 0.217 e. The highest BCUT2D eigenvalue weighted by molar-refractivity contribution is 5.90. The third-order valence-electron chi connectivity index (χ3n) is 9.72. The zero-order chi connectivity index (χ0) is 37.9. The fourth-order valence-corrected chi connectivity index (χ4v) is 6.89. The molecule has 0 atom stereocenters. The summed E-state index contributed by atoms with van der Waals surface area (Å²) in [7, 11) is 0. The van der Waals surface area contributed by atoms with Crippen molar-refractivity contribution < 1.29 is 0 Å². The van der Waals surface area contributed by atoms with E-state index in [0.29, 0.717) is 11.6 Å². The van der Waals surface area contributed by atoms with Crippen LogP contribution in [0.2, 0.25) is 0 Å². The standard InChI is InChI=1S/C53H41N3/c1-2-17-43(40-20-9-4-10-21-40)32-46(31-30-39-18-7-3-8-19-39)44-26-15-28-47(33-44)52-54-38-55-53(56-52)48-29-16-27-45(34-48)51-36-49(41-22-11-5-12-23-41)35-50(37-51)42-24-13-6-14-25-42/h3-38H,2H2,1H3/b31-30+,43-17+,46-32+. The van der Waals surface area contributed by atoms with Crippen molar-refractivity contribution in [1.29, 1.82) is 0 Å². The minimum absolute atomic E-state index is 0.624. The lowest BCUT2D eigenvalue weighted by molar-refractivity contribution is 1.06. The van der Waals surface area contributed by atoms with E-state index >= 15 is 0 Å². The van der Waals surface area contributed by atoms with E-state index in [4.69, 9.17) is 4.98 Å². The molecule has 0 bridgehead atoms. The predicted octanol–water partition coefficient (Wildman–Crippen LogP) is 13.8. The number of rotatable bonds is 11. The quantitative estimate of drug-likeness (QED) is 0.125. The first-order valence-corrected chi connectivity index (χ1v) is 19.1. The van der Waals surface area contributed by atoms with Crippen LogP contribution in [0.15, 0.2) is 213 Å². The second-order valence-corrected chi connectivity index (χ2v) is 13.6. The molecule has 0 fully saturated rings. The topological polar surface area (TPSA) is 38.7 Å². The first-order valence-electron chi connectivity index (χ1n) is 19.1. The van der Waals surface area contributed by atoms with Crippen LogP contribution in [-0.4, -0.2) is 15.0 Å². The number of hydrogen-bond donors (Lipinski definition) is 0. The summed E-state index contributed by atoms with van der Waals surface area (Å²) in [5, 5.41) is 0. The molecule has 0 aliphatic rings. The van der Waals surface area contributed by atoms with Gasteiger partial charge in [-0.2, -0.15) is 0 Å². The number of nitrogens with zero attached hydrogens (tertiary/aromatic N) is 3. The van der Waals surface area contributed by atoms with Gasteiger partial charge in [-0.05, 0) is 104 Å². The molecule has 0 radical (unpaired) electrons. The minimum Gasteiger partial charge on any atom is -0.217 e. The van der Waals surface area contributed by atoms with Crippen molar-refractivity contribution in [2.24, 2.45) is 0 Å². The summed E-state index contributed by atoms with van der Waals surface area (Å²) in [6.45, 7) is 2.18. The molecule has 8 rings (SSSR count). The van der Waals surface area contributed by atoms with Gasteiger partial charge in [0, 0.05) is 11.1 Å². The lowest BCUT2D eigenvalue weighted by Crippen LogP contribution is -1.96. The van der Waals surface area contributed by atoms with Gasteiger partial charge in [0.1, 0.15) is 6.33 Å². The van der Waals surface area contributed by atoms with E-state index < -0.39 is 0 Å². The van der Waals surface area contributed by atoms with Gasteiger partial charge in [-0.25, -0.2) is 15.0 Å². The van der Waals surface area contributed by atoms with Crippen molar-refractivity contribution in [3.8, 4) is 56.2 Å². The number of aromatic nitrogens is 3. The third-order valence-corrected chi connectivity index (χ3v) is 9.72. The zero-order valence-corrected chi connectivity index (χ0v) is 31.3. The smallest absolute Gasteiger partial charge is 0.163 e. The molecule has 0 N–H and O–H groups in total. The molecule has 0 saturated heterocycles. The fraction of sp³-hybridized carbons (Fsp3) is 0.0377. The summed E-state index contributed by atoms with van der Waals surface area (Å²) in [4.78, 5) is 14.4. The Morgan fingerprint density at radius 3 is 1.50 bits per heavy atom. The third kappa shape index (κ3) is 8.59. The highest BCUT2D eigenvalue weighted by Gasteiger charge is 2.12. The maximum atomic E-state index is 5.04. The zero-order valence-electron chi connectivity index (χ0n) is 31.3. The number of allylic oxidation sites excluding steroid dienone is 5. The Kier molecular flexibility index (Phi) is 11.0. The Morgan fingerprint density at radius 1 is 0.429 bits per heavy atom. The summed E-state index contributed by atoms with van der Waals surface area (Å²) in [5.74, 6) is 1.25. The maximum Gasteiger partial charge on any atom is 0.163 e. The molecule has 8 aromatic rings. The summed E-state index contributed by atoms with van der Waals surface area (Å²) in [6.07, 6.45) is 11.5. The van der Waals surface area contributed by atoms with E-state index in [2.05, 4.69) is 223 Å². The fourth-order valence-electron chi connectivity index (χ4n) is 6.89. The van der Waals surface area contributed by atoms with Crippen LogP contribution in [0.25, 0.3) is 73.4 Å². The van der Waals surface area contributed by atoms with Gasteiger partial charge in [-0.15, -0.1) is 0 Å². The lowest BCUT2D eigenvalue weighted by Gasteiger charge is -2.12. The summed E-state index contributed by atoms with van der Waals surface area (Å²) in [5.41, 5.74) is 14.4. The van der Waals surface area contributed by atoms with Crippen molar-refractivity contribution in [3.63, 3.8) is 0 Å². The second-order valence-electron chi connectivity index (χ2n) is 13.6. The number of hydrogen-bond acceptors (Lipinski definition) is 3. The molecule has 1 heterocycles. The molecule has 268 valence electrons. The van der Waals surface area contributed by atoms with Crippen molar-refractivity contribution in [3.05, 3.63) is 229 Å². The van der Waals surface area contributed by atoms with Crippen LogP contribution in [-0.2, 0) is 0 Å². The van der Waals surface area contributed by atoms with Crippen LogP contribution in [0.1, 0.15) is 30.0 Å². The average molecular weight is 720 g/mol. The Labute approximate surface area is 329 Å². The van der Waals surface area contributed by atoms with Gasteiger partial charge >= 0.3 is 0 Å². The molecule has 56 heavy (non-hydrogen) atoms. The van der Waals surface area contributed by atoms with Crippen LogP contribution in [0.3, 0.4) is 0 Å². The highest BCUT2D eigenvalue weighted by Crippen LogP contribution is 2.35. The van der Waals surface area contributed by atoms with Gasteiger partial charge in [0.25, 0.3) is 0 Å². The van der Waals surface area contributed by atoms with E-state index in [0.717, 1.165) is 45.4 Å². The predicted molar refractivity (Wildman–Crippen MR) is 235 cm³/mol. The highest BCUT2D eigenvalue weighted by atomic mass is 15.0. The van der Waals surface area contributed by atoms with Crippen LogP contribution >= 0.6 is 0 Å². The van der Waals surface area contributed by atoms with E-state index in [1.807, 2.05) is 6.07 Å². The lowest BCUT2D eigenvalue weighted by atomic mass is 9.93. The Bertz CT molecular complexity index is 2580. The second kappa shape index (κ2) is 17.3. The van der Waals surface area contributed by atoms with Crippen molar-refractivity contribution in [2.45, 2.75) is 13.3 Å². The molecule has 0 unspecified atom stereocenters. The monoisotopic (exact) mass is 719 g/mol. The Hall–Kier alpha value is -7.23. The van der Waals surface area contributed by atoms with Crippen molar-refractivity contribution in [1.82, 2.24) is 15.0 Å². The van der Waals surface area contributed by atoms with E-state index in [9.17, 15) is 0 Å². The summed E-state index contributed by atoms with van der Waals surface area (Å²) >= 11 is 0. The molecule has 3 nitrogen and oxygen atoms in total. The molecule has 0 aliphatic carbocycles. The van der Waals surface area contributed by atoms with Crippen LogP contribution < -0.4 is 0 Å². The average Bonchev–Trinajstić information content (AvgIpc) is 3.28. The van der Waals surface area contributed by atoms with E-state index in [-0.39, 0.29) is 0 Å². The molecule has 7 aromatic carbocycles. The van der Waals surface area contributed by atoms with E-state index in [1.165, 1.54) is 33.4 Å². The van der Waals surface area contributed by atoms with Gasteiger partial charge < -0.3 is 0 Å². The molecular formula is C53H41N3. The molecule has 0 aliphatic heterocycles. The van der Waals surface area contributed by atoms with Gasteiger partial charge in [0.2, 0.25) is 0 Å². The molecule has 0 spiro atoms. The Morgan fingerprint density at radius 2 is 0.893 bits per heavy atom. The normalized spacial score (nSPS) is 11.9. The van der Waals surface area contributed by atoms with Crippen LogP contribution in [0.5, 0.6) is 0 Å². The van der Waals surface area contributed by atoms with E-state index in [1.54, 1.807) is 6.33 Å². The summed E-state index contributed by atoms with van der Waals surface area (Å²) in [6, 6.07) is 65.8. The Balaban J connectivity index is 1.15. The molecule has 0 saturated carbocycles. The summed E-state index contributed by atoms with van der Waals surface area (Å²) < 4.78 is 0. The van der Waals surface area contributed by atoms with Gasteiger partial charge in [-0.3, -0.25) is 0 Å². The van der Waals surface area contributed by atoms with Crippen molar-refractivity contribution in [2.75, 3.05) is 0 Å². The molecular weight excluding hydrogens is 679 g/mol. The maximum absolute atomic E-state index is 5.04. The number of benzene rings is 7. The molecule has 3 heteroatoms. The van der Waals surface area contributed by atoms with Gasteiger partial charge in [-0.1, -0.05) is 183 Å².